The third kappa shape index (κ3) is 2.29. The highest BCUT2D eigenvalue weighted by Gasteiger charge is 2.49. The Hall–Kier alpha value is -0.880. The molecule has 6 heteroatoms. The van der Waals surface area contributed by atoms with Crippen LogP contribution >= 0.6 is 15.9 Å². The van der Waals surface area contributed by atoms with Gasteiger partial charge in [-0.15, -0.1) is 0 Å². The van der Waals surface area contributed by atoms with Crippen molar-refractivity contribution in [3.05, 3.63) is 15.9 Å². The number of carbonyl (C=O) groups is 1. The number of rotatable bonds is 4. The van der Waals surface area contributed by atoms with E-state index in [0.717, 1.165) is 35.1 Å². The van der Waals surface area contributed by atoms with Gasteiger partial charge in [0.05, 0.1) is 21.9 Å². The monoisotopic (exact) mass is 341 g/mol. The zero-order valence-electron chi connectivity index (χ0n) is 11.8. The summed E-state index contributed by atoms with van der Waals surface area (Å²) in [5, 5.41) is 17.5. The molecule has 20 heavy (non-hydrogen) atoms. The summed E-state index contributed by atoms with van der Waals surface area (Å²) in [6, 6.07) is 0.569. The van der Waals surface area contributed by atoms with Crippen molar-refractivity contribution in [2.24, 2.45) is 0 Å². The first-order valence-corrected chi connectivity index (χ1v) is 7.94. The average molecular weight is 342 g/mol. The minimum absolute atomic E-state index is 0.169. The molecule has 110 valence electrons. The number of nitrogens with one attached hydrogen (secondary N) is 1. The Morgan fingerprint density at radius 3 is 2.65 bits per heavy atom. The molecule has 0 bridgehead atoms. The fourth-order valence-corrected chi connectivity index (χ4v) is 3.49. The normalized spacial score (nSPS) is 29.9. The molecular formula is C14H20BrN3O2. The molecule has 0 aromatic carbocycles. The first-order chi connectivity index (χ1) is 9.43. The third-order valence-corrected chi connectivity index (χ3v) is 5.69. The van der Waals surface area contributed by atoms with Gasteiger partial charge in [0.15, 0.2) is 0 Å². The Morgan fingerprint density at radius 2 is 2.15 bits per heavy atom. The van der Waals surface area contributed by atoms with Gasteiger partial charge in [0.25, 0.3) is 0 Å². The lowest BCUT2D eigenvalue weighted by Gasteiger charge is -2.26. The van der Waals surface area contributed by atoms with E-state index in [2.05, 4.69) is 26.3 Å². The van der Waals surface area contributed by atoms with Crippen molar-refractivity contribution in [3.8, 4) is 0 Å². The zero-order valence-corrected chi connectivity index (χ0v) is 13.4. The first-order valence-electron chi connectivity index (χ1n) is 7.15. The molecule has 0 amide bonds. The van der Waals surface area contributed by atoms with Crippen LogP contribution in [0.25, 0.3) is 0 Å². The van der Waals surface area contributed by atoms with Crippen LogP contribution in [0.1, 0.15) is 49.5 Å². The van der Waals surface area contributed by atoms with Crippen molar-refractivity contribution in [2.45, 2.75) is 63.6 Å². The first kappa shape index (κ1) is 14.1. The Bertz CT molecular complexity index is 553. The molecule has 2 N–H and O–H groups in total. The van der Waals surface area contributed by atoms with Crippen LogP contribution in [0.2, 0.25) is 0 Å². The molecule has 1 aromatic heterocycles. The van der Waals surface area contributed by atoms with Crippen LogP contribution in [0.5, 0.6) is 0 Å². The van der Waals surface area contributed by atoms with E-state index in [4.69, 9.17) is 0 Å². The molecule has 3 rings (SSSR count). The van der Waals surface area contributed by atoms with Crippen LogP contribution in [0, 0.1) is 13.8 Å². The fourth-order valence-electron chi connectivity index (χ4n) is 3.23. The highest BCUT2D eigenvalue weighted by molar-refractivity contribution is 9.10. The lowest BCUT2D eigenvalue weighted by molar-refractivity contribution is -0.144. The number of carboxylic acid groups (broad SMARTS) is 1. The Kier molecular flexibility index (Phi) is 3.41. The maximum atomic E-state index is 11.7. The standard InChI is InChI=1S/C14H20BrN3O2/c1-8-12(15)9(2)18(17-8)11-5-6-14(7-11,13(19)20)16-10-3-4-10/h10-11,16H,3-7H2,1-2H3,(H,19,20). The molecule has 0 aliphatic heterocycles. The Balaban J connectivity index is 1.83. The van der Waals surface area contributed by atoms with Crippen LogP contribution in [-0.4, -0.2) is 32.4 Å². The molecular weight excluding hydrogens is 322 g/mol. The van der Waals surface area contributed by atoms with Gasteiger partial charge in [-0.05, 0) is 61.9 Å². The molecule has 2 aliphatic rings. The van der Waals surface area contributed by atoms with Gasteiger partial charge in [-0.25, -0.2) is 0 Å². The van der Waals surface area contributed by atoms with Gasteiger partial charge in [0.2, 0.25) is 0 Å². The molecule has 5 nitrogen and oxygen atoms in total. The molecule has 0 radical (unpaired) electrons. The number of aliphatic carboxylic acids is 1. The van der Waals surface area contributed by atoms with E-state index in [9.17, 15) is 9.90 Å². The molecule has 0 spiro atoms. The molecule has 2 saturated carbocycles. The maximum Gasteiger partial charge on any atom is 0.323 e. The summed E-state index contributed by atoms with van der Waals surface area (Å²) in [7, 11) is 0. The van der Waals surface area contributed by atoms with Crippen molar-refractivity contribution in [1.29, 1.82) is 0 Å². The van der Waals surface area contributed by atoms with Crippen molar-refractivity contribution >= 4 is 21.9 Å². The van der Waals surface area contributed by atoms with E-state index in [1.165, 1.54) is 0 Å². The lowest BCUT2D eigenvalue weighted by atomic mass is 9.97. The average Bonchev–Trinajstić information content (AvgIpc) is 3.04. The quantitative estimate of drug-likeness (QED) is 0.883. The van der Waals surface area contributed by atoms with Crippen molar-refractivity contribution in [2.75, 3.05) is 0 Å². The van der Waals surface area contributed by atoms with Crippen LogP contribution < -0.4 is 5.32 Å². The number of aryl methyl sites for hydroxylation is 1. The van der Waals surface area contributed by atoms with Gasteiger partial charge in [-0.1, -0.05) is 0 Å². The maximum absolute atomic E-state index is 11.7. The second kappa shape index (κ2) is 4.84. The van der Waals surface area contributed by atoms with Gasteiger partial charge in [0, 0.05) is 6.04 Å². The number of halogens is 1. The van der Waals surface area contributed by atoms with E-state index in [1.807, 2.05) is 18.5 Å². The van der Waals surface area contributed by atoms with Gasteiger partial charge >= 0.3 is 5.97 Å². The molecule has 1 heterocycles. The van der Waals surface area contributed by atoms with E-state index in [-0.39, 0.29) is 6.04 Å². The highest BCUT2D eigenvalue weighted by Crippen LogP contribution is 2.41. The number of hydrogen-bond acceptors (Lipinski definition) is 3. The van der Waals surface area contributed by atoms with Gasteiger partial charge in [-0.3, -0.25) is 14.8 Å². The molecule has 2 aliphatic carbocycles. The van der Waals surface area contributed by atoms with Crippen LogP contribution in [-0.2, 0) is 4.79 Å². The molecule has 2 unspecified atom stereocenters. The smallest absolute Gasteiger partial charge is 0.323 e. The largest absolute Gasteiger partial charge is 0.480 e. The summed E-state index contributed by atoms with van der Waals surface area (Å²) >= 11 is 3.54. The van der Waals surface area contributed by atoms with E-state index in [1.54, 1.807) is 0 Å². The summed E-state index contributed by atoms with van der Waals surface area (Å²) in [6.45, 7) is 3.99. The van der Waals surface area contributed by atoms with Gasteiger partial charge in [-0.2, -0.15) is 5.10 Å². The van der Waals surface area contributed by atoms with E-state index >= 15 is 0 Å². The van der Waals surface area contributed by atoms with E-state index in [0.29, 0.717) is 18.9 Å². The van der Waals surface area contributed by atoms with Crippen molar-refractivity contribution in [3.63, 3.8) is 0 Å². The second-order valence-corrected chi connectivity index (χ2v) is 6.92. The summed E-state index contributed by atoms with van der Waals surface area (Å²) in [4.78, 5) is 11.7. The summed E-state index contributed by atoms with van der Waals surface area (Å²) < 4.78 is 3.03. The SMILES string of the molecule is Cc1nn(C2CCC(NC3CC3)(C(=O)O)C2)c(C)c1Br. The molecule has 2 atom stereocenters. The van der Waals surface area contributed by atoms with Crippen molar-refractivity contribution in [1.82, 2.24) is 15.1 Å². The molecule has 0 saturated heterocycles. The number of carboxylic acids is 1. The van der Waals surface area contributed by atoms with E-state index < -0.39 is 11.5 Å². The van der Waals surface area contributed by atoms with Gasteiger partial charge < -0.3 is 5.11 Å². The second-order valence-electron chi connectivity index (χ2n) is 6.13. The molecule has 2 fully saturated rings. The van der Waals surface area contributed by atoms with Crippen LogP contribution in [0.4, 0.5) is 0 Å². The third-order valence-electron chi connectivity index (χ3n) is 4.54. The molecule has 1 aromatic rings. The van der Waals surface area contributed by atoms with Crippen molar-refractivity contribution < 1.29 is 9.90 Å². The Labute approximate surface area is 126 Å². The van der Waals surface area contributed by atoms with Gasteiger partial charge in [0.1, 0.15) is 5.54 Å². The number of nitrogens with zero attached hydrogens (tertiary/aromatic N) is 2. The predicted molar refractivity (Wildman–Crippen MR) is 78.8 cm³/mol. The van der Waals surface area contributed by atoms with Crippen LogP contribution in [0.15, 0.2) is 4.47 Å². The minimum Gasteiger partial charge on any atom is -0.480 e. The summed E-state index contributed by atoms with van der Waals surface area (Å²) in [6.07, 6.45) is 4.36. The minimum atomic E-state index is -0.759. The summed E-state index contributed by atoms with van der Waals surface area (Å²) in [5.74, 6) is -0.715. The van der Waals surface area contributed by atoms with Crippen LogP contribution in [0.3, 0.4) is 0 Å². The fraction of sp³-hybridized carbons (Fsp3) is 0.714. The summed E-state index contributed by atoms with van der Waals surface area (Å²) in [5.41, 5.74) is 1.29. The highest BCUT2D eigenvalue weighted by atomic mass is 79.9. The topological polar surface area (TPSA) is 67.2 Å². The number of hydrogen-bond donors (Lipinski definition) is 2. The lowest BCUT2D eigenvalue weighted by Crippen LogP contribution is -2.51. The zero-order chi connectivity index (χ0) is 14.5. The number of aromatic nitrogens is 2. The predicted octanol–water partition coefficient (Wildman–Crippen LogP) is 2.56. The Morgan fingerprint density at radius 1 is 1.45 bits per heavy atom.